The van der Waals surface area contributed by atoms with E-state index in [9.17, 15) is 14.9 Å². The average Bonchev–Trinajstić information content (AvgIpc) is 3.63. The Morgan fingerprint density at radius 1 is 0.935 bits per heavy atom. The second-order valence-corrected chi connectivity index (χ2v) is 10.8. The molecule has 226 valence electrons. The molecule has 4 aromatic carbocycles. The molecule has 0 aliphatic heterocycles. The summed E-state index contributed by atoms with van der Waals surface area (Å²) in [5.41, 5.74) is 5.54. The predicted octanol–water partition coefficient (Wildman–Crippen LogP) is 7.59. The minimum atomic E-state index is -0.424. The first kappa shape index (κ1) is 28.5. The van der Waals surface area contributed by atoms with Gasteiger partial charge in [-0.2, -0.15) is 9.78 Å². The van der Waals surface area contributed by atoms with Crippen LogP contribution in [-0.4, -0.2) is 25.4 Å². The first-order valence-electron chi connectivity index (χ1n) is 14.6. The van der Waals surface area contributed by atoms with Crippen LogP contribution in [0.15, 0.2) is 124 Å². The Labute approximate surface area is 262 Å². The van der Waals surface area contributed by atoms with Gasteiger partial charge in [0.1, 0.15) is 17.9 Å². The first-order chi connectivity index (χ1) is 22.4. The Kier molecular flexibility index (Phi) is 7.22. The third-order valence-electron chi connectivity index (χ3n) is 7.83. The van der Waals surface area contributed by atoms with Crippen molar-refractivity contribution in [1.29, 1.82) is 0 Å². The fourth-order valence-electron chi connectivity index (χ4n) is 5.49. The van der Waals surface area contributed by atoms with Gasteiger partial charge in [-0.3, -0.25) is 14.9 Å². The fourth-order valence-corrected chi connectivity index (χ4v) is 5.49. The number of non-ortho nitro benzene ring substituents is 1. The number of fused-ring (bicyclic) bond motifs is 2. The van der Waals surface area contributed by atoms with Gasteiger partial charge in [0.2, 0.25) is 5.82 Å². The third-order valence-corrected chi connectivity index (χ3v) is 7.83. The highest BCUT2D eigenvalue weighted by molar-refractivity contribution is 5.85. The summed E-state index contributed by atoms with van der Waals surface area (Å²) in [6.45, 7) is 4.29. The molecule has 46 heavy (non-hydrogen) atoms. The summed E-state index contributed by atoms with van der Waals surface area (Å²) < 4.78 is 15.4. The molecular formula is C36H27N5O5. The molecule has 0 atom stereocenters. The fraction of sp³-hybridized carbons (Fsp3) is 0.0833. The van der Waals surface area contributed by atoms with E-state index in [1.54, 1.807) is 36.5 Å². The molecule has 0 aliphatic carbocycles. The third kappa shape index (κ3) is 5.32. The number of furan rings is 1. The van der Waals surface area contributed by atoms with Crippen molar-refractivity contribution in [2.24, 2.45) is 5.10 Å². The summed E-state index contributed by atoms with van der Waals surface area (Å²) in [4.78, 5) is 28.9. The molecule has 10 nitrogen and oxygen atoms in total. The van der Waals surface area contributed by atoms with Crippen molar-refractivity contribution in [2.45, 2.75) is 20.5 Å². The molecule has 0 saturated carbocycles. The number of nitro groups is 1. The zero-order chi connectivity index (χ0) is 31.8. The van der Waals surface area contributed by atoms with Crippen molar-refractivity contribution in [2.75, 3.05) is 0 Å². The molecule has 3 aromatic heterocycles. The number of aromatic nitrogens is 3. The molecule has 0 saturated heterocycles. The Morgan fingerprint density at radius 2 is 1.67 bits per heavy atom. The molecule has 3 heterocycles. The van der Waals surface area contributed by atoms with Gasteiger partial charge in [-0.05, 0) is 86.1 Å². The maximum absolute atomic E-state index is 13.7. The molecule has 0 spiro atoms. The highest BCUT2D eigenvalue weighted by Gasteiger charge is 2.17. The van der Waals surface area contributed by atoms with Crippen LogP contribution in [0.25, 0.3) is 39.1 Å². The average molecular weight is 610 g/mol. The molecular weight excluding hydrogens is 582 g/mol. The van der Waals surface area contributed by atoms with Gasteiger partial charge in [-0.15, -0.1) is 0 Å². The van der Waals surface area contributed by atoms with Crippen LogP contribution in [0.4, 0.5) is 5.69 Å². The van der Waals surface area contributed by atoms with Gasteiger partial charge in [-0.1, -0.05) is 30.3 Å². The molecule has 0 N–H and O–H groups in total. The van der Waals surface area contributed by atoms with Gasteiger partial charge in [0.15, 0.2) is 5.76 Å². The van der Waals surface area contributed by atoms with Crippen LogP contribution in [0.1, 0.15) is 22.5 Å². The number of nitro benzene ring substituents is 1. The van der Waals surface area contributed by atoms with E-state index in [1.807, 2.05) is 80.6 Å². The highest BCUT2D eigenvalue weighted by atomic mass is 16.6. The molecule has 7 rings (SSSR count). The van der Waals surface area contributed by atoms with Crippen LogP contribution in [0.2, 0.25) is 0 Å². The lowest BCUT2D eigenvalue weighted by molar-refractivity contribution is -0.384. The van der Waals surface area contributed by atoms with Crippen molar-refractivity contribution >= 4 is 33.8 Å². The number of aryl methyl sites for hydroxylation is 1. The number of nitrogens with zero attached hydrogens (tertiary/aromatic N) is 5. The summed E-state index contributed by atoms with van der Waals surface area (Å²) in [6.07, 6.45) is 1.67. The minimum Gasteiger partial charge on any atom is -0.489 e. The smallest absolute Gasteiger partial charge is 0.282 e. The number of rotatable bonds is 8. The van der Waals surface area contributed by atoms with Crippen LogP contribution < -0.4 is 10.3 Å². The second kappa shape index (κ2) is 11.7. The lowest BCUT2D eigenvalue weighted by Gasteiger charge is -2.11. The maximum Gasteiger partial charge on any atom is 0.282 e. The zero-order valence-electron chi connectivity index (χ0n) is 25.0. The predicted molar refractivity (Wildman–Crippen MR) is 177 cm³/mol. The highest BCUT2D eigenvalue weighted by Crippen LogP contribution is 2.28. The van der Waals surface area contributed by atoms with Gasteiger partial charge < -0.3 is 13.7 Å². The quantitative estimate of drug-likeness (QED) is 0.0995. The van der Waals surface area contributed by atoms with Gasteiger partial charge >= 0.3 is 0 Å². The summed E-state index contributed by atoms with van der Waals surface area (Å²) in [6, 6.07) is 32.7. The number of ether oxygens (including phenoxy) is 1. The van der Waals surface area contributed by atoms with Gasteiger partial charge in [0.25, 0.3) is 11.2 Å². The van der Waals surface area contributed by atoms with E-state index in [1.165, 1.54) is 16.8 Å². The molecule has 0 radical (unpaired) electrons. The summed E-state index contributed by atoms with van der Waals surface area (Å²) in [5.74, 6) is 1.43. The monoisotopic (exact) mass is 609 g/mol. The Bertz CT molecular complexity index is 2300. The van der Waals surface area contributed by atoms with Crippen molar-refractivity contribution in [3.8, 4) is 23.0 Å². The van der Waals surface area contributed by atoms with Crippen LogP contribution >= 0.6 is 0 Å². The van der Waals surface area contributed by atoms with E-state index < -0.39 is 4.92 Å². The molecule has 0 amide bonds. The number of hydrogen-bond acceptors (Lipinski definition) is 7. The first-order valence-corrected chi connectivity index (χ1v) is 14.6. The topological polar surface area (TPSA) is 118 Å². The van der Waals surface area contributed by atoms with Crippen molar-refractivity contribution < 1.29 is 14.1 Å². The largest absolute Gasteiger partial charge is 0.489 e. The van der Waals surface area contributed by atoms with E-state index in [-0.39, 0.29) is 11.2 Å². The van der Waals surface area contributed by atoms with Crippen molar-refractivity contribution in [1.82, 2.24) is 14.2 Å². The Balaban J connectivity index is 1.18. The standard InChI is InChI=1S/C36H27N5O5/c1-23-19-27(24(2)39(23)28-15-17-30(18-16-28)45-22-25-11-13-29(14-12-25)41(43)44)21-37-40-35(34-20-26-7-3-6-10-33(26)46-34)38-32-9-5-4-8-31(32)36(40)42/h3-21H,22H2,1-2H3. The minimum absolute atomic E-state index is 0.0441. The number of benzene rings is 4. The van der Waals surface area contributed by atoms with Gasteiger partial charge in [-0.25, -0.2) is 4.98 Å². The molecule has 0 fully saturated rings. The Morgan fingerprint density at radius 3 is 2.43 bits per heavy atom. The lowest BCUT2D eigenvalue weighted by atomic mass is 10.2. The van der Waals surface area contributed by atoms with E-state index in [0.717, 1.165) is 33.6 Å². The normalized spacial score (nSPS) is 11.5. The Hall–Kier alpha value is -6.29. The van der Waals surface area contributed by atoms with E-state index in [0.29, 0.717) is 40.4 Å². The molecule has 7 aromatic rings. The summed E-state index contributed by atoms with van der Waals surface area (Å²) in [5, 5.41) is 16.9. The molecule has 0 unspecified atom stereocenters. The second-order valence-electron chi connectivity index (χ2n) is 10.8. The van der Waals surface area contributed by atoms with E-state index in [2.05, 4.69) is 9.67 Å². The lowest BCUT2D eigenvalue weighted by Crippen LogP contribution is -2.20. The van der Waals surface area contributed by atoms with E-state index >= 15 is 0 Å². The molecule has 0 bridgehead atoms. The van der Waals surface area contributed by atoms with Crippen molar-refractivity contribution in [3.63, 3.8) is 0 Å². The maximum atomic E-state index is 13.7. The van der Waals surface area contributed by atoms with Crippen LogP contribution in [0, 0.1) is 24.0 Å². The van der Waals surface area contributed by atoms with Crippen LogP contribution in [-0.2, 0) is 6.61 Å². The zero-order valence-corrected chi connectivity index (χ0v) is 25.0. The molecule has 10 heteroatoms. The van der Waals surface area contributed by atoms with E-state index in [4.69, 9.17) is 14.1 Å². The summed E-state index contributed by atoms with van der Waals surface area (Å²) >= 11 is 0. The number of hydrogen-bond donors (Lipinski definition) is 0. The van der Waals surface area contributed by atoms with Crippen molar-refractivity contribution in [3.05, 3.63) is 152 Å². The molecule has 0 aliphatic rings. The number of para-hydroxylation sites is 2. The SMILES string of the molecule is Cc1cc(C=Nn2c(-c3cc4ccccc4o3)nc3ccccc3c2=O)c(C)n1-c1ccc(OCc2ccc([N+](=O)[O-])cc2)cc1. The van der Waals surface area contributed by atoms with Gasteiger partial charge in [0, 0.05) is 40.2 Å². The van der Waals surface area contributed by atoms with Crippen LogP contribution in [0.3, 0.4) is 0 Å². The van der Waals surface area contributed by atoms with Crippen LogP contribution in [0.5, 0.6) is 5.75 Å². The summed E-state index contributed by atoms with van der Waals surface area (Å²) in [7, 11) is 0. The van der Waals surface area contributed by atoms with Gasteiger partial charge in [0.05, 0.1) is 22.0 Å².